The minimum absolute atomic E-state index is 0.0867. The Morgan fingerprint density at radius 2 is 2.00 bits per heavy atom. The predicted octanol–water partition coefficient (Wildman–Crippen LogP) is 3.07. The highest BCUT2D eigenvalue weighted by Gasteiger charge is 2.24. The molecule has 0 N–H and O–H groups in total. The third-order valence-corrected chi connectivity index (χ3v) is 5.98. The number of rotatable bonds is 7. The minimum atomic E-state index is -0.575. The first-order chi connectivity index (χ1) is 13.4. The summed E-state index contributed by atoms with van der Waals surface area (Å²) in [5, 5.41) is 0.673. The Labute approximate surface area is 172 Å². The highest BCUT2D eigenvalue weighted by Crippen LogP contribution is 2.22. The van der Waals surface area contributed by atoms with Crippen LogP contribution in [0.3, 0.4) is 0 Å². The Morgan fingerprint density at radius 1 is 1.25 bits per heavy atom. The van der Waals surface area contributed by atoms with Crippen molar-refractivity contribution in [3.63, 3.8) is 0 Å². The van der Waals surface area contributed by atoms with Gasteiger partial charge in [-0.05, 0) is 31.5 Å². The van der Waals surface area contributed by atoms with E-state index in [4.69, 9.17) is 16.3 Å². The van der Waals surface area contributed by atoms with Gasteiger partial charge in [-0.15, -0.1) is 11.8 Å². The lowest BCUT2D eigenvalue weighted by Crippen LogP contribution is -2.33. The van der Waals surface area contributed by atoms with E-state index in [2.05, 4.69) is 0 Å². The van der Waals surface area contributed by atoms with Gasteiger partial charge in [-0.2, -0.15) is 0 Å². The Kier molecular flexibility index (Phi) is 6.46. The normalized spacial score (nSPS) is 13.8. The van der Waals surface area contributed by atoms with Gasteiger partial charge in [-0.25, -0.2) is 0 Å². The van der Waals surface area contributed by atoms with Gasteiger partial charge in [0.2, 0.25) is 11.7 Å². The van der Waals surface area contributed by atoms with Crippen LogP contribution in [0.15, 0.2) is 30.3 Å². The number of amides is 1. The molecular weight excluding hydrogens is 400 g/mol. The maximum atomic E-state index is 12.6. The zero-order valence-electron chi connectivity index (χ0n) is 15.7. The number of hydrogen-bond acceptors (Lipinski definition) is 5. The van der Waals surface area contributed by atoms with E-state index in [0.29, 0.717) is 28.8 Å². The molecule has 28 heavy (non-hydrogen) atoms. The van der Waals surface area contributed by atoms with Gasteiger partial charge in [0.25, 0.3) is 0 Å². The molecule has 1 aliphatic heterocycles. The third-order valence-electron chi connectivity index (χ3n) is 4.67. The first-order valence-corrected chi connectivity index (χ1v) is 10.3. The molecule has 1 saturated heterocycles. The summed E-state index contributed by atoms with van der Waals surface area (Å²) in [7, 11) is 0. The largest absolute Gasteiger partial charge is 0.456 e. The van der Waals surface area contributed by atoms with Crippen molar-refractivity contribution in [2.45, 2.75) is 20.4 Å². The van der Waals surface area contributed by atoms with E-state index in [-0.39, 0.29) is 24.8 Å². The van der Waals surface area contributed by atoms with E-state index >= 15 is 0 Å². The molecule has 0 radical (unpaired) electrons. The summed E-state index contributed by atoms with van der Waals surface area (Å²) in [5.41, 5.74) is 3.20. The molecule has 0 atom stereocenters. The minimum Gasteiger partial charge on any atom is -0.456 e. The van der Waals surface area contributed by atoms with Gasteiger partial charge in [0.15, 0.2) is 6.61 Å². The number of carbonyl (C=O) groups is 3. The number of aryl methyl sites for hydroxylation is 1. The molecule has 0 saturated carbocycles. The Bertz CT molecular complexity index is 925. The molecule has 8 heteroatoms. The van der Waals surface area contributed by atoms with Crippen LogP contribution in [0.1, 0.15) is 27.3 Å². The lowest BCUT2D eigenvalue weighted by molar-refractivity contribution is -0.146. The van der Waals surface area contributed by atoms with Gasteiger partial charge in [-0.3, -0.25) is 14.4 Å². The SMILES string of the molecule is Cc1cc(C(=O)COC(=O)CN2CSCC2=O)c(C)n1Cc1ccccc1Cl. The van der Waals surface area contributed by atoms with Crippen LogP contribution in [0.2, 0.25) is 5.02 Å². The van der Waals surface area contributed by atoms with Crippen LogP contribution in [0, 0.1) is 13.8 Å². The molecule has 1 fully saturated rings. The number of ketones is 1. The number of thioether (sulfide) groups is 1. The van der Waals surface area contributed by atoms with E-state index in [1.807, 2.05) is 42.7 Å². The monoisotopic (exact) mass is 420 g/mol. The Balaban J connectivity index is 1.63. The topological polar surface area (TPSA) is 68.6 Å². The summed E-state index contributed by atoms with van der Waals surface area (Å²) in [5.74, 6) is -0.0752. The zero-order chi connectivity index (χ0) is 20.3. The summed E-state index contributed by atoms with van der Waals surface area (Å²) in [4.78, 5) is 37.4. The molecular formula is C20H21ClN2O4S. The van der Waals surface area contributed by atoms with Crippen LogP contribution in [0.4, 0.5) is 0 Å². The zero-order valence-corrected chi connectivity index (χ0v) is 17.3. The third kappa shape index (κ3) is 4.59. The highest BCUT2D eigenvalue weighted by atomic mass is 35.5. The molecule has 1 amide bonds. The van der Waals surface area contributed by atoms with Gasteiger partial charge in [0.1, 0.15) is 6.54 Å². The number of ether oxygens (including phenoxy) is 1. The van der Waals surface area contributed by atoms with Crippen molar-refractivity contribution < 1.29 is 19.1 Å². The van der Waals surface area contributed by atoms with Crippen LogP contribution in [-0.4, -0.2) is 51.9 Å². The number of Topliss-reactive ketones (excluding diaryl/α,β-unsaturated/α-hetero) is 1. The number of hydrogen-bond donors (Lipinski definition) is 0. The van der Waals surface area contributed by atoms with E-state index in [0.717, 1.165) is 17.0 Å². The molecule has 0 spiro atoms. The Hall–Kier alpha value is -2.25. The summed E-state index contributed by atoms with van der Waals surface area (Å²) >= 11 is 7.70. The fourth-order valence-corrected chi connectivity index (χ4v) is 4.19. The standard InChI is InChI=1S/C20H21ClN2O4S/c1-13-7-16(14(2)23(13)8-15-5-3-4-6-17(15)21)18(24)10-27-20(26)9-22-12-28-11-19(22)25/h3-7H,8-12H2,1-2H3. The van der Waals surface area contributed by atoms with Crippen molar-refractivity contribution in [1.82, 2.24) is 9.47 Å². The van der Waals surface area contributed by atoms with Gasteiger partial charge in [-0.1, -0.05) is 29.8 Å². The van der Waals surface area contributed by atoms with Crippen molar-refractivity contribution in [3.05, 3.63) is 57.9 Å². The maximum Gasteiger partial charge on any atom is 0.326 e. The molecule has 0 unspecified atom stereocenters. The molecule has 2 aromatic rings. The van der Waals surface area contributed by atoms with Crippen LogP contribution >= 0.6 is 23.4 Å². The second-order valence-corrected chi connectivity index (χ2v) is 7.98. The van der Waals surface area contributed by atoms with Gasteiger partial charge in [0.05, 0.1) is 11.6 Å². The van der Waals surface area contributed by atoms with Crippen molar-refractivity contribution >= 4 is 41.0 Å². The van der Waals surface area contributed by atoms with Crippen molar-refractivity contribution in [2.24, 2.45) is 0 Å². The molecule has 1 aromatic carbocycles. The van der Waals surface area contributed by atoms with E-state index in [9.17, 15) is 14.4 Å². The fraction of sp³-hybridized carbons (Fsp3) is 0.350. The Morgan fingerprint density at radius 3 is 2.68 bits per heavy atom. The molecule has 0 aliphatic carbocycles. The van der Waals surface area contributed by atoms with Crippen LogP contribution in [0.5, 0.6) is 0 Å². The highest BCUT2D eigenvalue weighted by molar-refractivity contribution is 8.00. The summed E-state index contributed by atoms with van der Waals surface area (Å²) in [6.07, 6.45) is 0. The van der Waals surface area contributed by atoms with Crippen LogP contribution < -0.4 is 0 Å². The van der Waals surface area contributed by atoms with Crippen molar-refractivity contribution in [1.29, 1.82) is 0 Å². The predicted molar refractivity (Wildman–Crippen MR) is 109 cm³/mol. The van der Waals surface area contributed by atoms with E-state index in [1.54, 1.807) is 6.07 Å². The number of benzene rings is 1. The van der Waals surface area contributed by atoms with Gasteiger partial charge < -0.3 is 14.2 Å². The van der Waals surface area contributed by atoms with Crippen LogP contribution in [0.25, 0.3) is 0 Å². The first-order valence-electron chi connectivity index (χ1n) is 8.81. The molecule has 1 aliphatic rings. The quantitative estimate of drug-likeness (QED) is 0.508. The molecule has 0 bridgehead atoms. The second-order valence-electron chi connectivity index (χ2n) is 6.62. The molecule has 1 aromatic heterocycles. The lowest BCUT2D eigenvalue weighted by Gasteiger charge is -2.13. The second kappa shape index (κ2) is 8.84. The average molecular weight is 421 g/mol. The number of nitrogens with zero attached hydrogens (tertiary/aromatic N) is 2. The smallest absolute Gasteiger partial charge is 0.326 e. The van der Waals surface area contributed by atoms with Crippen LogP contribution in [-0.2, 0) is 20.9 Å². The van der Waals surface area contributed by atoms with Gasteiger partial charge in [0, 0.05) is 28.5 Å². The first kappa shape index (κ1) is 20.5. The summed E-state index contributed by atoms with van der Waals surface area (Å²) in [6.45, 7) is 3.87. The van der Waals surface area contributed by atoms with Crippen molar-refractivity contribution in [3.8, 4) is 0 Å². The summed E-state index contributed by atoms with van der Waals surface area (Å²) in [6, 6.07) is 9.37. The number of halogens is 1. The average Bonchev–Trinajstić information content (AvgIpc) is 3.19. The molecule has 2 heterocycles. The van der Waals surface area contributed by atoms with Gasteiger partial charge >= 0.3 is 5.97 Å². The molecule has 6 nitrogen and oxygen atoms in total. The summed E-state index contributed by atoms with van der Waals surface area (Å²) < 4.78 is 7.10. The number of esters is 1. The molecule has 148 valence electrons. The number of aromatic nitrogens is 1. The lowest BCUT2D eigenvalue weighted by atomic mass is 10.1. The molecule has 3 rings (SSSR count). The van der Waals surface area contributed by atoms with Crippen molar-refractivity contribution in [2.75, 3.05) is 24.8 Å². The van der Waals surface area contributed by atoms with E-state index < -0.39 is 5.97 Å². The fourth-order valence-electron chi connectivity index (χ4n) is 3.09. The number of carbonyl (C=O) groups excluding carboxylic acids is 3. The van der Waals surface area contributed by atoms with E-state index in [1.165, 1.54) is 16.7 Å². The maximum absolute atomic E-state index is 12.6.